The van der Waals surface area contributed by atoms with Gasteiger partial charge >= 0.3 is 0 Å². The Bertz CT molecular complexity index is 22.4. The van der Waals surface area contributed by atoms with Crippen LogP contribution in [0.5, 0.6) is 0 Å². The molecule has 48 valence electrons. The Labute approximate surface area is 46.1 Å². The molecule has 0 bridgehead atoms. The van der Waals surface area contributed by atoms with Crippen LogP contribution >= 0.6 is 0 Å². The molecule has 0 spiro atoms. The highest BCUT2D eigenvalue weighted by molar-refractivity contribution is 3.87. The Morgan fingerprint density at radius 3 is 0.714 bits per heavy atom. The first-order valence-electron chi connectivity index (χ1n) is 1.79. The monoisotopic (exact) mass is 108 g/mol. The maximum Gasteiger partial charge on any atom is 0.0675 e. The Hall–Kier alpha value is -0.120. The Morgan fingerprint density at radius 2 is 0.714 bits per heavy atom. The normalized spacial score (nSPS) is 8.57. The molecule has 3 heteroatoms. The average molecular weight is 108 g/mol. The largest absolute Gasteiger partial charge is 0.344 e. The molecule has 0 radical (unpaired) electrons. The first-order chi connectivity index (χ1) is 2.00. The van der Waals surface area contributed by atoms with Gasteiger partial charge in [-0.3, -0.25) is 0 Å². The lowest BCUT2D eigenvalue weighted by Crippen LogP contribution is -2.27. The van der Waals surface area contributed by atoms with Gasteiger partial charge in [0.15, 0.2) is 0 Å². The molecule has 3 nitrogen and oxygen atoms in total. The number of rotatable bonds is 0. The minimum absolute atomic E-state index is 0. The van der Waals surface area contributed by atoms with Gasteiger partial charge in [-0.05, 0) is 0 Å². The molecule has 0 saturated heterocycles. The van der Waals surface area contributed by atoms with Crippen molar-refractivity contribution in [2.24, 2.45) is 0 Å². The first kappa shape index (κ1) is 15.8. The van der Waals surface area contributed by atoms with Crippen LogP contribution in [0.4, 0.5) is 0 Å². The van der Waals surface area contributed by atoms with E-state index in [1.807, 2.05) is 0 Å². The van der Waals surface area contributed by atoms with Crippen molar-refractivity contribution in [1.82, 2.24) is 12.3 Å². The molecule has 0 rings (SSSR count). The number of nitrogens with zero attached hydrogens (tertiary/aromatic N) is 1. The average Bonchev–Trinajstić information content (AvgIpc) is 0.722. The molecule has 0 atom stereocenters. The van der Waals surface area contributed by atoms with Crippen molar-refractivity contribution < 1.29 is 4.48 Å². The summed E-state index contributed by atoms with van der Waals surface area (Å²) in [6.45, 7) is 0. The zero-order valence-electron chi connectivity index (χ0n) is 5.86. The smallest absolute Gasteiger partial charge is 0.0675 e. The number of hydrogen-bond donors (Lipinski definition) is 2. The second-order valence-electron chi connectivity index (χ2n) is 2.68. The van der Waals surface area contributed by atoms with Gasteiger partial charge in [-0.15, -0.1) is 0 Å². The molecule has 0 amide bonds. The molecular formula is C4H18N3+. The maximum absolute atomic E-state index is 2.12. The van der Waals surface area contributed by atoms with Gasteiger partial charge in [0.25, 0.3) is 0 Å². The minimum atomic E-state index is 0. The third kappa shape index (κ3) is 6150. The van der Waals surface area contributed by atoms with Gasteiger partial charge in [0.05, 0.1) is 28.2 Å². The van der Waals surface area contributed by atoms with Crippen molar-refractivity contribution in [1.29, 1.82) is 0 Å². The predicted octanol–water partition coefficient (Wildman–Crippen LogP) is 0.646. The van der Waals surface area contributed by atoms with E-state index in [0.717, 1.165) is 4.48 Å². The van der Waals surface area contributed by atoms with Crippen molar-refractivity contribution in [2.45, 2.75) is 0 Å². The van der Waals surface area contributed by atoms with Crippen molar-refractivity contribution >= 4 is 0 Å². The van der Waals surface area contributed by atoms with E-state index in [1.165, 1.54) is 0 Å². The molecule has 0 aliphatic carbocycles. The Morgan fingerprint density at radius 1 is 0.714 bits per heavy atom. The highest BCUT2D eigenvalue weighted by Gasteiger charge is 1.88. The highest BCUT2D eigenvalue weighted by atomic mass is 15.2. The lowest BCUT2D eigenvalue weighted by molar-refractivity contribution is -0.849. The molecule has 6 N–H and O–H groups in total. The van der Waals surface area contributed by atoms with Gasteiger partial charge in [0.2, 0.25) is 0 Å². The van der Waals surface area contributed by atoms with E-state index in [9.17, 15) is 0 Å². The molecule has 7 heavy (non-hydrogen) atoms. The third-order valence-corrected chi connectivity index (χ3v) is 0. The lowest BCUT2D eigenvalue weighted by Gasteiger charge is -2.14. The summed E-state index contributed by atoms with van der Waals surface area (Å²) in [7, 11) is 8.50. The fourth-order valence-electron chi connectivity index (χ4n) is 0. The van der Waals surface area contributed by atoms with Crippen LogP contribution in [0.15, 0.2) is 0 Å². The molecule has 0 unspecified atom stereocenters. The summed E-state index contributed by atoms with van der Waals surface area (Å²) in [5, 5.41) is 0. The summed E-state index contributed by atoms with van der Waals surface area (Å²) >= 11 is 0. The Balaban J connectivity index is -0.0000000800. The van der Waals surface area contributed by atoms with Gasteiger partial charge in [-0.25, -0.2) is 0 Å². The van der Waals surface area contributed by atoms with E-state index in [2.05, 4.69) is 28.2 Å². The second kappa shape index (κ2) is 4.05. The molecule has 0 aliphatic rings. The minimum Gasteiger partial charge on any atom is -0.344 e. The van der Waals surface area contributed by atoms with E-state index in [1.54, 1.807) is 0 Å². The lowest BCUT2D eigenvalue weighted by atomic mass is 10.8. The first-order valence-corrected chi connectivity index (χ1v) is 1.79. The van der Waals surface area contributed by atoms with Crippen LogP contribution in [-0.2, 0) is 0 Å². The molecular weight excluding hydrogens is 90.1 g/mol. The molecule has 0 fully saturated rings. The highest BCUT2D eigenvalue weighted by Crippen LogP contribution is 1.73. The summed E-state index contributed by atoms with van der Waals surface area (Å²) in [6.07, 6.45) is 0. The van der Waals surface area contributed by atoms with Crippen LogP contribution in [-0.4, -0.2) is 32.7 Å². The fourth-order valence-corrected chi connectivity index (χ4v) is 0. The number of quaternary nitrogens is 1. The van der Waals surface area contributed by atoms with E-state index in [4.69, 9.17) is 0 Å². The predicted molar refractivity (Wildman–Crippen MR) is 34.0 cm³/mol. The summed E-state index contributed by atoms with van der Waals surface area (Å²) in [6, 6.07) is 0. The zero-order valence-corrected chi connectivity index (χ0v) is 5.86. The van der Waals surface area contributed by atoms with Gasteiger partial charge in [-0.2, -0.15) is 0 Å². The van der Waals surface area contributed by atoms with Crippen molar-refractivity contribution in [3.8, 4) is 0 Å². The van der Waals surface area contributed by atoms with Gasteiger partial charge in [0.1, 0.15) is 0 Å². The SMILES string of the molecule is C[N+](C)(C)C.N.N. The standard InChI is InChI=1S/C4H12N.2H3N/c1-5(2,3)4;;/h1-4H3;2*1H3/q+1;;. The van der Waals surface area contributed by atoms with Crippen LogP contribution in [0.25, 0.3) is 0 Å². The van der Waals surface area contributed by atoms with Crippen molar-refractivity contribution in [3.63, 3.8) is 0 Å². The molecule has 0 aliphatic heterocycles. The molecule has 0 saturated carbocycles. The molecule has 0 aromatic heterocycles. The van der Waals surface area contributed by atoms with E-state index < -0.39 is 0 Å². The quantitative estimate of drug-likeness (QED) is 0.447. The van der Waals surface area contributed by atoms with E-state index in [-0.39, 0.29) is 12.3 Å². The molecule has 0 heterocycles. The summed E-state index contributed by atoms with van der Waals surface area (Å²) < 4.78 is 1.00. The van der Waals surface area contributed by atoms with Crippen LogP contribution in [0.3, 0.4) is 0 Å². The molecule has 0 aromatic rings. The van der Waals surface area contributed by atoms with E-state index >= 15 is 0 Å². The van der Waals surface area contributed by atoms with Crippen molar-refractivity contribution in [2.75, 3.05) is 28.2 Å². The third-order valence-electron chi connectivity index (χ3n) is 0. The van der Waals surface area contributed by atoms with Crippen LogP contribution in [0.1, 0.15) is 0 Å². The van der Waals surface area contributed by atoms with Gasteiger partial charge in [0, 0.05) is 0 Å². The van der Waals surface area contributed by atoms with Crippen LogP contribution < -0.4 is 12.3 Å². The van der Waals surface area contributed by atoms with E-state index in [0.29, 0.717) is 0 Å². The number of hydrogen-bond acceptors (Lipinski definition) is 2. The van der Waals surface area contributed by atoms with Crippen LogP contribution in [0.2, 0.25) is 0 Å². The van der Waals surface area contributed by atoms with Gasteiger partial charge in [-0.1, -0.05) is 0 Å². The second-order valence-corrected chi connectivity index (χ2v) is 2.68. The maximum atomic E-state index is 2.12. The van der Waals surface area contributed by atoms with Crippen molar-refractivity contribution in [3.05, 3.63) is 0 Å². The van der Waals surface area contributed by atoms with Crippen LogP contribution in [0, 0.1) is 0 Å². The zero-order chi connectivity index (χ0) is 4.50. The molecule has 0 aromatic carbocycles. The topological polar surface area (TPSA) is 70.0 Å². The summed E-state index contributed by atoms with van der Waals surface area (Å²) in [5.74, 6) is 0. The summed E-state index contributed by atoms with van der Waals surface area (Å²) in [5.41, 5.74) is 0. The van der Waals surface area contributed by atoms with Gasteiger partial charge < -0.3 is 16.8 Å². The fraction of sp³-hybridized carbons (Fsp3) is 1.00. The Kier molecular flexibility index (Phi) is 9.14. The summed E-state index contributed by atoms with van der Waals surface area (Å²) in [4.78, 5) is 0.